The van der Waals surface area contributed by atoms with Crippen LogP contribution < -0.4 is 4.72 Å². The molecular weight excluding hydrogens is 279 g/mol. The number of nitro groups is 1. The molecule has 1 aromatic carbocycles. The number of non-ortho nitro benzene ring substituents is 1. The molecule has 0 aliphatic carbocycles. The van der Waals surface area contributed by atoms with E-state index >= 15 is 0 Å². The van der Waals surface area contributed by atoms with Gasteiger partial charge in [0.05, 0.1) is 17.1 Å². The van der Waals surface area contributed by atoms with Gasteiger partial charge in [0, 0.05) is 12.6 Å². The number of halogens is 1. The first kappa shape index (κ1) is 15.5. The van der Waals surface area contributed by atoms with Crippen molar-refractivity contribution in [2.24, 2.45) is 0 Å². The normalized spacial score (nSPS) is 13.2. The minimum Gasteiger partial charge on any atom is -0.392 e. The summed E-state index contributed by atoms with van der Waals surface area (Å²) < 4.78 is 39.0. The smallest absolute Gasteiger partial charge is 0.272 e. The maximum atomic E-state index is 13.5. The topological polar surface area (TPSA) is 110 Å². The molecule has 19 heavy (non-hydrogen) atoms. The molecule has 0 radical (unpaired) electrons. The quantitative estimate of drug-likeness (QED) is 0.595. The Bertz CT molecular complexity index is 575. The van der Waals surface area contributed by atoms with Gasteiger partial charge in [-0.05, 0) is 12.5 Å². The molecular formula is C10H13FN2O5S. The summed E-state index contributed by atoms with van der Waals surface area (Å²) in [5.41, 5.74) is -0.537. The van der Waals surface area contributed by atoms with Gasteiger partial charge in [-0.2, -0.15) is 0 Å². The zero-order chi connectivity index (χ0) is 14.6. The summed E-state index contributed by atoms with van der Waals surface area (Å²) in [5, 5.41) is 19.7. The van der Waals surface area contributed by atoms with Gasteiger partial charge >= 0.3 is 0 Å². The Hall–Kier alpha value is -1.58. The number of aliphatic hydroxyl groups excluding tert-OH is 1. The molecule has 1 rings (SSSR count). The van der Waals surface area contributed by atoms with Crippen molar-refractivity contribution in [1.29, 1.82) is 0 Å². The van der Waals surface area contributed by atoms with Crippen LogP contribution in [0.15, 0.2) is 23.1 Å². The molecule has 0 aliphatic rings. The fraction of sp³-hybridized carbons (Fsp3) is 0.400. The maximum absolute atomic E-state index is 13.5. The van der Waals surface area contributed by atoms with E-state index in [1.165, 1.54) is 0 Å². The van der Waals surface area contributed by atoms with Crippen molar-refractivity contribution in [1.82, 2.24) is 4.72 Å². The number of benzene rings is 1. The van der Waals surface area contributed by atoms with Crippen LogP contribution in [0.1, 0.15) is 13.3 Å². The van der Waals surface area contributed by atoms with E-state index in [4.69, 9.17) is 0 Å². The Morgan fingerprint density at radius 1 is 1.53 bits per heavy atom. The van der Waals surface area contributed by atoms with Crippen molar-refractivity contribution in [2.45, 2.75) is 24.3 Å². The summed E-state index contributed by atoms with van der Waals surface area (Å²) in [6.45, 7) is 1.40. The molecule has 1 unspecified atom stereocenters. The van der Waals surface area contributed by atoms with Crippen LogP contribution in [0.2, 0.25) is 0 Å². The van der Waals surface area contributed by atoms with E-state index in [9.17, 15) is 28.0 Å². The van der Waals surface area contributed by atoms with E-state index in [1.807, 2.05) is 4.72 Å². The first-order valence-electron chi connectivity index (χ1n) is 5.39. The molecule has 0 bridgehead atoms. The van der Waals surface area contributed by atoms with Crippen molar-refractivity contribution >= 4 is 15.7 Å². The van der Waals surface area contributed by atoms with Gasteiger partial charge < -0.3 is 5.11 Å². The van der Waals surface area contributed by atoms with E-state index in [-0.39, 0.29) is 6.54 Å². The van der Waals surface area contributed by atoms with Crippen LogP contribution in [0.25, 0.3) is 0 Å². The van der Waals surface area contributed by atoms with Crippen molar-refractivity contribution < 1.29 is 22.8 Å². The second-order valence-electron chi connectivity index (χ2n) is 3.79. The summed E-state index contributed by atoms with van der Waals surface area (Å²) >= 11 is 0. The largest absolute Gasteiger partial charge is 0.392 e. The van der Waals surface area contributed by atoms with Crippen LogP contribution in [-0.2, 0) is 10.0 Å². The minimum absolute atomic E-state index is 0.255. The molecule has 0 saturated carbocycles. The average molecular weight is 292 g/mol. The second kappa shape index (κ2) is 6.04. The number of hydrogen-bond acceptors (Lipinski definition) is 5. The number of hydrogen-bond donors (Lipinski definition) is 2. The number of nitrogens with one attached hydrogen (secondary N) is 1. The summed E-state index contributed by atoms with van der Waals surface area (Å²) in [5.74, 6) is -1.22. The van der Waals surface area contributed by atoms with Gasteiger partial charge in [0.1, 0.15) is 10.7 Å². The molecule has 0 spiro atoms. The highest BCUT2D eigenvalue weighted by Gasteiger charge is 2.22. The van der Waals surface area contributed by atoms with Gasteiger partial charge in [-0.25, -0.2) is 17.5 Å². The summed E-state index contributed by atoms with van der Waals surface area (Å²) in [4.78, 5) is 8.89. The van der Waals surface area contributed by atoms with Crippen LogP contribution in [0.4, 0.5) is 10.1 Å². The predicted octanol–water partition coefficient (Wildman–Crippen LogP) is 0.783. The first-order valence-corrected chi connectivity index (χ1v) is 6.88. The zero-order valence-electron chi connectivity index (χ0n) is 10.0. The molecule has 2 N–H and O–H groups in total. The molecule has 106 valence electrons. The van der Waals surface area contributed by atoms with E-state index in [2.05, 4.69) is 0 Å². The third-order valence-corrected chi connectivity index (χ3v) is 3.85. The Morgan fingerprint density at radius 3 is 2.63 bits per heavy atom. The highest BCUT2D eigenvalue weighted by molar-refractivity contribution is 7.89. The van der Waals surface area contributed by atoms with E-state index in [0.29, 0.717) is 12.5 Å². The van der Waals surface area contributed by atoms with Gasteiger partial charge in [0.15, 0.2) is 0 Å². The van der Waals surface area contributed by atoms with Gasteiger partial charge in [-0.1, -0.05) is 6.92 Å². The fourth-order valence-corrected chi connectivity index (χ4v) is 2.38. The van der Waals surface area contributed by atoms with Crippen molar-refractivity contribution in [3.05, 3.63) is 34.1 Å². The number of nitro benzene ring substituents is 1. The minimum atomic E-state index is -4.15. The van der Waals surface area contributed by atoms with Crippen LogP contribution in [-0.4, -0.2) is 31.1 Å². The van der Waals surface area contributed by atoms with Crippen molar-refractivity contribution in [3.63, 3.8) is 0 Å². The van der Waals surface area contributed by atoms with E-state index in [0.717, 1.165) is 12.1 Å². The van der Waals surface area contributed by atoms with Crippen LogP contribution >= 0.6 is 0 Å². The first-order chi connectivity index (χ1) is 8.77. The number of rotatable bonds is 6. The van der Waals surface area contributed by atoms with Crippen molar-refractivity contribution in [3.8, 4) is 0 Å². The number of nitrogens with zero attached hydrogens (tertiary/aromatic N) is 1. The molecule has 9 heteroatoms. The maximum Gasteiger partial charge on any atom is 0.272 e. The summed E-state index contributed by atoms with van der Waals surface area (Å²) in [6, 6.07) is 2.24. The molecule has 1 atom stereocenters. The number of sulfonamides is 1. The monoisotopic (exact) mass is 292 g/mol. The molecule has 0 aromatic heterocycles. The van der Waals surface area contributed by atoms with Crippen LogP contribution in [0, 0.1) is 15.9 Å². The zero-order valence-corrected chi connectivity index (χ0v) is 10.9. The second-order valence-corrected chi connectivity index (χ2v) is 5.52. The summed E-state index contributed by atoms with van der Waals surface area (Å²) in [6.07, 6.45) is -0.540. The van der Waals surface area contributed by atoms with Crippen LogP contribution in [0.3, 0.4) is 0 Å². The van der Waals surface area contributed by atoms with Crippen molar-refractivity contribution in [2.75, 3.05) is 6.54 Å². The molecule has 0 fully saturated rings. The summed E-state index contributed by atoms with van der Waals surface area (Å²) in [7, 11) is -4.15. The molecule has 0 saturated heterocycles. The molecule has 0 aliphatic heterocycles. The Balaban J connectivity index is 2.99. The SMILES string of the molecule is CCC(O)CNS(=O)(=O)c1ccc([N+](=O)[O-])cc1F. The highest BCUT2D eigenvalue weighted by atomic mass is 32.2. The lowest BCUT2D eigenvalue weighted by molar-refractivity contribution is -0.385. The van der Waals surface area contributed by atoms with E-state index in [1.54, 1.807) is 6.92 Å². The Kier molecular flexibility index (Phi) is 4.92. The predicted molar refractivity (Wildman–Crippen MR) is 64.5 cm³/mol. The Labute approximate surface area is 109 Å². The fourth-order valence-electron chi connectivity index (χ4n) is 1.25. The highest BCUT2D eigenvalue weighted by Crippen LogP contribution is 2.20. The van der Waals surface area contributed by atoms with E-state index < -0.39 is 37.5 Å². The molecule has 0 amide bonds. The van der Waals surface area contributed by atoms with Gasteiger partial charge in [0.25, 0.3) is 5.69 Å². The van der Waals surface area contributed by atoms with Gasteiger partial charge in [-0.15, -0.1) is 0 Å². The third-order valence-electron chi connectivity index (χ3n) is 2.40. The lowest BCUT2D eigenvalue weighted by atomic mass is 10.3. The standard InChI is InChI=1S/C10H13FN2O5S/c1-2-8(14)6-12-19(17,18)10-4-3-7(13(15)16)5-9(10)11/h3-5,8,12,14H,2,6H2,1H3. The molecule has 1 aromatic rings. The van der Waals surface area contributed by atoms with Gasteiger partial charge in [0.2, 0.25) is 10.0 Å². The molecule has 0 heterocycles. The lowest BCUT2D eigenvalue weighted by Gasteiger charge is -2.10. The third kappa shape index (κ3) is 3.94. The lowest BCUT2D eigenvalue weighted by Crippen LogP contribution is -2.32. The average Bonchev–Trinajstić information content (AvgIpc) is 2.35. The Morgan fingerprint density at radius 2 is 2.16 bits per heavy atom. The number of aliphatic hydroxyl groups is 1. The van der Waals surface area contributed by atoms with Gasteiger partial charge in [-0.3, -0.25) is 10.1 Å². The van der Waals surface area contributed by atoms with Crippen LogP contribution in [0.5, 0.6) is 0 Å². The molecule has 7 nitrogen and oxygen atoms in total.